The molecule has 0 radical (unpaired) electrons. The molecule has 16 heavy (non-hydrogen) atoms. The van der Waals surface area contributed by atoms with Crippen molar-refractivity contribution in [2.45, 2.75) is 32.2 Å². The maximum absolute atomic E-state index is 9.05. The van der Waals surface area contributed by atoms with Crippen LogP contribution in [0.3, 0.4) is 0 Å². The van der Waals surface area contributed by atoms with Crippen LogP contribution in [-0.4, -0.2) is 47.2 Å². The minimum Gasteiger partial charge on any atom is -0.394 e. The zero-order valence-electron chi connectivity index (χ0n) is 10.3. The predicted molar refractivity (Wildman–Crippen MR) is 65.2 cm³/mol. The van der Waals surface area contributed by atoms with E-state index in [0.29, 0.717) is 12.5 Å². The summed E-state index contributed by atoms with van der Waals surface area (Å²) in [5, 5.41) is 30.1. The lowest BCUT2D eigenvalue weighted by Crippen LogP contribution is -2.54. The van der Waals surface area contributed by atoms with E-state index in [0.717, 1.165) is 12.8 Å². The summed E-state index contributed by atoms with van der Waals surface area (Å²) in [5.41, 5.74) is -0.972. The predicted octanol–water partition coefficient (Wildman–Crippen LogP) is 0.284. The van der Waals surface area contributed by atoms with E-state index in [2.05, 4.69) is 25.2 Å². The molecule has 0 saturated carbocycles. The summed E-state index contributed by atoms with van der Waals surface area (Å²) in [5.74, 6) is 0.675. The second kappa shape index (κ2) is 8.70. The van der Waals surface area contributed by atoms with Crippen LogP contribution >= 0.6 is 0 Å². The molecule has 1 atom stereocenters. The molecule has 0 aromatic heterocycles. The average molecular weight is 231 g/mol. The number of aliphatic hydroxyl groups is 3. The van der Waals surface area contributed by atoms with Crippen LogP contribution < -0.4 is 5.32 Å². The highest BCUT2D eigenvalue weighted by molar-refractivity contribution is 4.92. The molecule has 0 bridgehead atoms. The third-order valence-electron chi connectivity index (χ3n) is 2.90. The summed E-state index contributed by atoms with van der Waals surface area (Å²) in [6, 6.07) is 0. The van der Waals surface area contributed by atoms with Gasteiger partial charge in [0.1, 0.15) is 0 Å². The van der Waals surface area contributed by atoms with Crippen LogP contribution in [-0.2, 0) is 0 Å². The van der Waals surface area contributed by atoms with Crippen LogP contribution in [0.25, 0.3) is 0 Å². The summed E-state index contributed by atoms with van der Waals surface area (Å²) in [6.45, 7) is 4.05. The number of hydrogen-bond acceptors (Lipinski definition) is 4. The first-order valence-corrected chi connectivity index (χ1v) is 5.86. The summed E-state index contributed by atoms with van der Waals surface area (Å²) in [7, 11) is 0. The van der Waals surface area contributed by atoms with Crippen molar-refractivity contribution in [1.82, 2.24) is 5.32 Å². The molecule has 0 aliphatic rings. The highest BCUT2D eigenvalue weighted by Gasteiger charge is 2.26. The van der Waals surface area contributed by atoms with E-state index in [9.17, 15) is 0 Å². The van der Waals surface area contributed by atoms with Crippen LogP contribution in [0.4, 0.5) is 0 Å². The Hall–Kier alpha value is -0.420. The summed E-state index contributed by atoms with van der Waals surface area (Å²) < 4.78 is 0. The first-order chi connectivity index (χ1) is 7.64. The minimum atomic E-state index is -0.972. The SMILES string of the molecule is CCC(C)C/C=C/CNC(CO)(CO)CO. The van der Waals surface area contributed by atoms with Gasteiger partial charge < -0.3 is 20.6 Å². The molecule has 0 fully saturated rings. The van der Waals surface area contributed by atoms with E-state index in [4.69, 9.17) is 15.3 Å². The van der Waals surface area contributed by atoms with Gasteiger partial charge in [-0.1, -0.05) is 32.4 Å². The van der Waals surface area contributed by atoms with Gasteiger partial charge in [-0.3, -0.25) is 0 Å². The Labute approximate surface area is 98.0 Å². The Bertz CT molecular complexity index is 182. The fraction of sp³-hybridized carbons (Fsp3) is 0.833. The Kier molecular flexibility index (Phi) is 8.47. The van der Waals surface area contributed by atoms with Gasteiger partial charge in [0.25, 0.3) is 0 Å². The largest absolute Gasteiger partial charge is 0.394 e. The number of aliphatic hydroxyl groups excluding tert-OH is 3. The van der Waals surface area contributed by atoms with Gasteiger partial charge in [-0.25, -0.2) is 0 Å². The molecule has 4 heteroatoms. The maximum Gasteiger partial charge on any atom is 0.0884 e. The lowest BCUT2D eigenvalue weighted by molar-refractivity contribution is 0.0451. The monoisotopic (exact) mass is 231 g/mol. The Morgan fingerprint density at radius 3 is 2.12 bits per heavy atom. The van der Waals surface area contributed by atoms with Gasteiger partial charge in [-0.15, -0.1) is 0 Å². The van der Waals surface area contributed by atoms with Crippen LogP contribution in [0.1, 0.15) is 26.7 Å². The van der Waals surface area contributed by atoms with Crippen molar-refractivity contribution in [2.75, 3.05) is 26.4 Å². The van der Waals surface area contributed by atoms with Gasteiger partial charge in [0.05, 0.1) is 25.4 Å². The smallest absolute Gasteiger partial charge is 0.0884 e. The molecule has 4 nitrogen and oxygen atoms in total. The molecule has 0 amide bonds. The molecule has 4 N–H and O–H groups in total. The Balaban J connectivity index is 3.86. The summed E-state index contributed by atoms with van der Waals surface area (Å²) in [4.78, 5) is 0. The van der Waals surface area contributed by atoms with E-state index in [-0.39, 0.29) is 19.8 Å². The lowest BCUT2D eigenvalue weighted by atomic mass is 10.0. The van der Waals surface area contributed by atoms with Crippen LogP contribution in [0, 0.1) is 5.92 Å². The van der Waals surface area contributed by atoms with Crippen molar-refractivity contribution in [2.24, 2.45) is 5.92 Å². The number of nitrogens with one attached hydrogen (secondary N) is 1. The number of hydrogen-bond donors (Lipinski definition) is 4. The minimum absolute atomic E-state index is 0.279. The van der Waals surface area contributed by atoms with Gasteiger partial charge in [0.2, 0.25) is 0 Å². The molecule has 0 heterocycles. The summed E-state index contributed by atoms with van der Waals surface area (Å²) >= 11 is 0. The van der Waals surface area contributed by atoms with Crippen molar-refractivity contribution in [3.05, 3.63) is 12.2 Å². The fourth-order valence-corrected chi connectivity index (χ4v) is 1.17. The quantitative estimate of drug-likeness (QED) is 0.430. The third-order valence-corrected chi connectivity index (χ3v) is 2.90. The first-order valence-electron chi connectivity index (χ1n) is 5.86. The fourth-order valence-electron chi connectivity index (χ4n) is 1.17. The van der Waals surface area contributed by atoms with E-state index >= 15 is 0 Å². The standard InChI is InChI=1S/C12H25NO3/c1-3-11(2)6-4-5-7-13-12(8-14,9-15)10-16/h4-5,11,13-16H,3,6-10H2,1-2H3/b5-4+. The molecule has 0 rings (SSSR count). The molecule has 0 spiro atoms. The molecular formula is C12H25NO3. The molecule has 0 aromatic rings. The van der Waals surface area contributed by atoms with Crippen LogP contribution in [0.15, 0.2) is 12.2 Å². The van der Waals surface area contributed by atoms with E-state index in [1.165, 1.54) is 0 Å². The zero-order valence-corrected chi connectivity index (χ0v) is 10.3. The molecule has 0 aromatic carbocycles. The first kappa shape index (κ1) is 15.6. The maximum atomic E-state index is 9.05. The normalized spacial score (nSPS) is 14.6. The zero-order chi connectivity index (χ0) is 12.4. The van der Waals surface area contributed by atoms with Gasteiger partial charge in [0.15, 0.2) is 0 Å². The van der Waals surface area contributed by atoms with E-state index < -0.39 is 5.54 Å². The highest BCUT2D eigenvalue weighted by atomic mass is 16.3. The van der Waals surface area contributed by atoms with Crippen molar-refractivity contribution in [3.8, 4) is 0 Å². The molecule has 1 unspecified atom stereocenters. The van der Waals surface area contributed by atoms with Crippen LogP contribution in [0.2, 0.25) is 0 Å². The second-order valence-electron chi connectivity index (χ2n) is 4.36. The number of allylic oxidation sites excluding steroid dienone is 1. The number of rotatable bonds is 9. The molecular weight excluding hydrogens is 206 g/mol. The second-order valence-corrected chi connectivity index (χ2v) is 4.36. The van der Waals surface area contributed by atoms with Crippen LogP contribution in [0.5, 0.6) is 0 Å². The molecule has 96 valence electrons. The topological polar surface area (TPSA) is 72.7 Å². The highest BCUT2D eigenvalue weighted by Crippen LogP contribution is 2.06. The van der Waals surface area contributed by atoms with E-state index in [1.807, 2.05) is 6.08 Å². The Morgan fingerprint density at radius 1 is 1.12 bits per heavy atom. The van der Waals surface area contributed by atoms with E-state index in [1.54, 1.807) is 0 Å². The van der Waals surface area contributed by atoms with Gasteiger partial charge >= 0.3 is 0 Å². The Morgan fingerprint density at radius 2 is 1.69 bits per heavy atom. The summed E-state index contributed by atoms with van der Waals surface area (Å²) in [6.07, 6.45) is 6.23. The van der Waals surface area contributed by atoms with Crippen molar-refractivity contribution < 1.29 is 15.3 Å². The molecule has 0 aliphatic carbocycles. The van der Waals surface area contributed by atoms with Crippen molar-refractivity contribution in [1.29, 1.82) is 0 Å². The third kappa shape index (κ3) is 5.61. The molecule has 0 aliphatic heterocycles. The van der Waals surface area contributed by atoms with Crippen molar-refractivity contribution >= 4 is 0 Å². The van der Waals surface area contributed by atoms with Gasteiger partial charge in [0, 0.05) is 6.54 Å². The van der Waals surface area contributed by atoms with Gasteiger partial charge in [-0.2, -0.15) is 0 Å². The van der Waals surface area contributed by atoms with Gasteiger partial charge in [-0.05, 0) is 12.3 Å². The molecule has 0 saturated heterocycles. The van der Waals surface area contributed by atoms with Crippen molar-refractivity contribution in [3.63, 3.8) is 0 Å². The average Bonchev–Trinajstić information content (AvgIpc) is 2.34. The lowest BCUT2D eigenvalue weighted by Gasteiger charge is -2.28.